The number of likely N-dealkylation sites (tertiary alicyclic amines) is 1. The number of carbonyl (C=O) groups is 2. The van der Waals surface area contributed by atoms with E-state index in [4.69, 9.17) is 4.74 Å². The van der Waals surface area contributed by atoms with Crippen molar-refractivity contribution in [3.63, 3.8) is 0 Å². The molecule has 2 saturated heterocycles. The largest absolute Gasteiger partial charge is 0.388 e. The number of hydrogen-bond donors (Lipinski definition) is 2. The highest BCUT2D eigenvalue weighted by molar-refractivity contribution is 5.90. The number of nitrogens with one attached hydrogen (secondary N) is 1. The van der Waals surface area contributed by atoms with Gasteiger partial charge < -0.3 is 24.6 Å². The van der Waals surface area contributed by atoms with Crippen LogP contribution >= 0.6 is 0 Å². The van der Waals surface area contributed by atoms with Gasteiger partial charge in [-0.2, -0.15) is 0 Å². The molecule has 2 aliphatic heterocycles. The lowest BCUT2D eigenvalue weighted by atomic mass is 9.72. The molecule has 1 aliphatic carbocycles. The third-order valence-corrected chi connectivity index (χ3v) is 6.91. The molecule has 8 heteroatoms. The fourth-order valence-corrected chi connectivity index (χ4v) is 4.67. The first kappa shape index (κ1) is 19.4. The van der Waals surface area contributed by atoms with Crippen molar-refractivity contribution in [1.29, 1.82) is 0 Å². The number of aryl methyl sites for hydroxylation is 1. The van der Waals surface area contributed by atoms with Gasteiger partial charge in [-0.3, -0.25) is 9.59 Å². The highest BCUT2D eigenvalue weighted by Gasteiger charge is 2.54. The van der Waals surface area contributed by atoms with Crippen LogP contribution in [0.4, 0.5) is 0 Å². The van der Waals surface area contributed by atoms with Crippen LogP contribution in [-0.4, -0.2) is 68.3 Å². The number of aromatic nitrogens is 2. The van der Waals surface area contributed by atoms with Gasteiger partial charge in [-0.05, 0) is 39.0 Å². The fourth-order valence-electron chi connectivity index (χ4n) is 4.67. The Bertz CT molecular complexity index is 751. The topological polar surface area (TPSA) is 96.7 Å². The second-order valence-corrected chi connectivity index (χ2v) is 8.75. The number of carbonyl (C=O) groups excluding carboxylic acids is 2. The lowest BCUT2D eigenvalue weighted by molar-refractivity contribution is -0.206. The van der Waals surface area contributed by atoms with Gasteiger partial charge in [0.1, 0.15) is 6.10 Å². The van der Waals surface area contributed by atoms with E-state index in [-0.39, 0.29) is 17.7 Å². The number of aliphatic hydroxyl groups excluding tert-OH is 1. The molecule has 3 fully saturated rings. The van der Waals surface area contributed by atoms with Gasteiger partial charge in [0.25, 0.3) is 5.91 Å². The molecular formula is C20H30N4O4. The number of piperidine rings is 1. The second-order valence-electron chi connectivity index (χ2n) is 8.75. The number of ether oxygens (including phenoxy) is 1. The molecule has 8 nitrogen and oxygen atoms in total. The van der Waals surface area contributed by atoms with Crippen molar-refractivity contribution >= 4 is 11.8 Å². The average Bonchev–Trinajstić information content (AvgIpc) is 3.04. The number of nitrogens with zero attached hydrogens (tertiary/aromatic N) is 3. The Morgan fingerprint density at radius 1 is 1.29 bits per heavy atom. The van der Waals surface area contributed by atoms with Crippen molar-refractivity contribution < 1.29 is 19.4 Å². The van der Waals surface area contributed by atoms with E-state index in [9.17, 15) is 14.7 Å². The molecule has 1 saturated carbocycles. The number of rotatable bonds is 3. The number of hydrogen-bond acceptors (Lipinski definition) is 5. The van der Waals surface area contributed by atoms with E-state index in [0.717, 1.165) is 19.3 Å². The van der Waals surface area contributed by atoms with Gasteiger partial charge in [-0.1, -0.05) is 6.42 Å². The smallest absolute Gasteiger partial charge is 0.289 e. The quantitative estimate of drug-likeness (QED) is 0.798. The van der Waals surface area contributed by atoms with Gasteiger partial charge in [-0.25, -0.2) is 4.98 Å². The summed E-state index contributed by atoms with van der Waals surface area (Å²) < 4.78 is 7.79. The van der Waals surface area contributed by atoms with E-state index >= 15 is 0 Å². The Labute approximate surface area is 165 Å². The van der Waals surface area contributed by atoms with Crippen molar-refractivity contribution in [3.8, 4) is 0 Å². The minimum Gasteiger partial charge on any atom is -0.388 e. The summed E-state index contributed by atoms with van der Waals surface area (Å²) in [5.74, 6) is 0.444. The number of amides is 2. The molecule has 0 unspecified atom stereocenters. The number of imidazole rings is 1. The summed E-state index contributed by atoms with van der Waals surface area (Å²) in [5.41, 5.74) is -1.42. The van der Waals surface area contributed by atoms with Gasteiger partial charge in [-0.15, -0.1) is 0 Å². The summed E-state index contributed by atoms with van der Waals surface area (Å²) in [7, 11) is 1.80. The van der Waals surface area contributed by atoms with Crippen LogP contribution in [0.5, 0.6) is 0 Å². The van der Waals surface area contributed by atoms with Crippen molar-refractivity contribution in [2.24, 2.45) is 13.0 Å². The van der Waals surface area contributed by atoms with E-state index in [1.807, 2.05) is 6.92 Å². The predicted molar refractivity (Wildman–Crippen MR) is 102 cm³/mol. The van der Waals surface area contributed by atoms with Gasteiger partial charge in [0.15, 0.2) is 5.82 Å². The zero-order valence-electron chi connectivity index (χ0n) is 16.7. The Kier molecular flexibility index (Phi) is 4.95. The van der Waals surface area contributed by atoms with Crippen molar-refractivity contribution in [2.45, 2.75) is 62.7 Å². The normalized spacial score (nSPS) is 30.1. The van der Waals surface area contributed by atoms with E-state index in [2.05, 4.69) is 10.3 Å². The van der Waals surface area contributed by atoms with Gasteiger partial charge in [0.05, 0.1) is 11.1 Å². The molecule has 28 heavy (non-hydrogen) atoms. The zero-order valence-corrected chi connectivity index (χ0v) is 16.7. The molecule has 2 amide bonds. The van der Waals surface area contributed by atoms with Gasteiger partial charge >= 0.3 is 0 Å². The molecule has 2 N–H and O–H groups in total. The van der Waals surface area contributed by atoms with Crippen LogP contribution in [0, 0.1) is 5.92 Å². The lowest BCUT2D eigenvalue weighted by Gasteiger charge is -2.53. The van der Waals surface area contributed by atoms with Crippen LogP contribution in [0.3, 0.4) is 0 Å². The van der Waals surface area contributed by atoms with E-state index in [1.165, 1.54) is 0 Å². The fraction of sp³-hybridized carbons (Fsp3) is 0.750. The molecule has 1 aromatic rings. The van der Waals surface area contributed by atoms with Crippen LogP contribution in [0.15, 0.2) is 12.4 Å². The molecule has 3 heterocycles. The first-order chi connectivity index (χ1) is 13.3. The van der Waals surface area contributed by atoms with Crippen LogP contribution in [-0.2, 0) is 16.6 Å². The molecule has 0 bridgehead atoms. The minimum absolute atomic E-state index is 0.0484. The van der Waals surface area contributed by atoms with Crippen molar-refractivity contribution in [1.82, 2.24) is 19.8 Å². The van der Waals surface area contributed by atoms with Crippen LogP contribution < -0.4 is 5.32 Å². The molecule has 0 aromatic carbocycles. The molecule has 3 aliphatic rings. The number of aliphatic hydroxyl groups is 1. The third-order valence-electron chi connectivity index (χ3n) is 6.91. The van der Waals surface area contributed by atoms with Crippen LogP contribution in [0.2, 0.25) is 0 Å². The summed E-state index contributed by atoms with van der Waals surface area (Å²) in [6, 6.07) is 0. The highest BCUT2D eigenvalue weighted by Crippen LogP contribution is 2.40. The lowest BCUT2D eigenvalue weighted by Crippen LogP contribution is -2.70. The predicted octanol–water partition coefficient (Wildman–Crippen LogP) is 0.851. The Hall–Kier alpha value is -1.93. The molecular weight excluding hydrogens is 360 g/mol. The summed E-state index contributed by atoms with van der Waals surface area (Å²) in [6.07, 6.45) is 7.20. The maximum Gasteiger partial charge on any atom is 0.289 e. The maximum absolute atomic E-state index is 12.7. The molecule has 4 rings (SSSR count). The summed E-state index contributed by atoms with van der Waals surface area (Å²) in [5, 5.41) is 14.3. The van der Waals surface area contributed by atoms with E-state index < -0.39 is 17.2 Å². The minimum atomic E-state index is -0.803. The van der Waals surface area contributed by atoms with Crippen molar-refractivity contribution in [2.75, 3.05) is 19.7 Å². The standard InChI is InChI=1S/C20H30N4O4/c1-19(22-16(25)14-4-3-5-14)8-13-28-20(18(19)27)6-10-24(11-7-20)17(26)15-21-9-12-23(15)2/h9,12,14,18,27H,3-8,10-11,13H2,1-2H3,(H,22,25)/t18-,19+/m1/s1. The Morgan fingerprint density at radius 3 is 2.57 bits per heavy atom. The van der Waals surface area contributed by atoms with Gasteiger partial charge in [0.2, 0.25) is 5.91 Å². The SMILES string of the molecule is Cn1ccnc1C(=O)N1CCC2(CC1)OCC[C@](C)(NC(=O)C1CCC1)[C@H]2O. The first-order valence-corrected chi connectivity index (χ1v) is 10.3. The Balaban J connectivity index is 1.43. The molecule has 1 spiro atoms. The molecule has 154 valence electrons. The second kappa shape index (κ2) is 7.15. The Morgan fingerprint density at radius 2 is 2.00 bits per heavy atom. The summed E-state index contributed by atoms with van der Waals surface area (Å²) in [6.45, 7) is 3.40. The molecule has 1 aromatic heterocycles. The summed E-state index contributed by atoms with van der Waals surface area (Å²) in [4.78, 5) is 31.1. The third kappa shape index (κ3) is 3.22. The maximum atomic E-state index is 12.7. The van der Waals surface area contributed by atoms with E-state index in [1.54, 1.807) is 28.9 Å². The van der Waals surface area contributed by atoms with Crippen LogP contribution in [0.1, 0.15) is 56.1 Å². The van der Waals surface area contributed by atoms with Gasteiger partial charge in [0, 0.05) is 45.1 Å². The molecule has 0 radical (unpaired) electrons. The van der Waals surface area contributed by atoms with Crippen molar-refractivity contribution in [3.05, 3.63) is 18.2 Å². The monoisotopic (exact) mass is 390 g/mol. The van der Waals surface area contributed by atoms with Crippen LogP contribution in [0.25, 0.3) is 0 Å². The zero-order chi connectivity index (χ0) is 19.9. The molecule has 2 atom stereocenters. The van der Waals surface area contributed by atoms with E-state index in [0.29, 0.717) is 44.8 Å². The first-order valence-electron chi connectivity index (χ1n) is 10.3. The highest BCUT2D eigenvalue weighted by atomic mass is 16.5. The average molecular weight is 390 g/mol. The summed E-state index contributed by atoms with van der Waals surface area (Å²) >= 11 is 0.